The lowest BCUT2D eigenvalue weighted by Crippen LogP contribution is -2.40. The first-order valence-corrected chi connectivity index (χ1v) is 6.17. The Morgan fingerprint density at radius 3 is 2.28 bits per heavy atom. The fourth-order valence-electron chi connectivity index (χ4n) is 1.88. The average Bonchev–Trinajstić information content (AvgIpc) is 2.27. The largest absolute Gasteiger partial charge is 0.385 e. The van der Waals surface area contributed by atoms with Crippen LogP contribution in [0.1, 0.15) is 18.4 Å². The number of hydrogen-bond acceptors (Lipinski definition) is 1. The molecule has 0 saturated heterocycles. The normalized spacial score (nSPS) is 15.2. The third-order valence-electron chi connectivity index (χ3n) is 3.06. The minimum atomic E-state index is -0.957. The zero-order chi connectivity index (χ0) is 13.8. The summed E-state index contributed by atoms with van der Waals surface area (Å²) in [6.45, 7) is 4.53. The number of benzene rings is 1. The van der Waals surface area contributed by atoms with Crippen LogP contribution >= 0.6 is 0 Å². The number of hydrogen-bond donors (Lipinski definition) is 1. The molecule has 0 spiro atoms. The van der Waals surface area contributed by atoms with E-state index in [0.717, 1.165) is 16.6 Å². The van der Waals surface area contributed by atoms with Crippen LogP contribution in [0.2, 0.25) is 0 Å². The molecule has 0 heterocycles. The maximum Gasteiger partial charge on any atom is 0.123 e. The van der Waals surface area contributed by atoms with Gasteiger partial charge in [-0.2, -0.15) is 0 Å². The van der Waals surface area contributed by atoms with Gasteiger partial charge in [0.25, 0.3) is 0 Å². The van der Waals surface area contributed by atoms with Gasteiger partial charge in [-0.05, 0) is 24.1 Å². The first-order valence-electron chi connectivity index (χ1n) is 6.17. The fraction of sp³-hybridized carbons (Fsp3) is 0.467. The first kappa shape index (κ1) is 14.9. The van der Waals surface area contributed by atoms with Gasteiger partial charge in [-0.1, -0.05) is 18.2 Å². The van der Waals surface area contributed by atoms with Crippen LogP contribution in [0.5, 0.6) is 0 Å². The molecule has 1 atom stereocenters. The predicted octanol–water partition coefficient (Wildman–Crippen LogP) is 2.69. The van der Waals surface area contributed by atoms with E-state index in [2.05, 4.69) is 27.7 Å². The Labute approximate surface area is 109 Å². The van der Waals surface area contributed by atoms with Gasteiger partial charge in [0, 0.05) is 6.42 Å². The fourth-order valence-corrected chi connectivity index (χ4v) is 1.88. The molecule has 1 aromatic carbocycles. The monoisotopic (exact) mass is 252 g/mol. The highest BCUT2D eigenvalue weighted by Gasteiger charge is 2.30. The van der Waals surface area contributed by atoms with Gasteiger partial charge in [-0.3, -0.25) is 0 Å². The molecule has 0 aliphatic heterocycles. The van der Waals surface area contributed by atoms with Crippen molar-refractivity contribution in [1.29, 1.82) is 0 Å². The van der Waals surface area contributed by atoms with E-state index in [1.807, 2.05) is 0 Å². The number of halogens is 1. The first-order chi connectivity index (χ1) is 8.27. The summed E-state index contributed by atoms with van der Waals surface area (Å²) in [5.74, 6) is -0.286. The molecule has 18 heavy (non-hydrogen) atoms. The summed E-state index contributed by atoms with van der Waals surface area (Å²) in [6.07, 6.45) is 2.80. The minimum absolute atomic E-state index is 0.286. The van der Waals surface area contributed by atoms with Crippen LogP contribution in [0.25, 0.3) is 0 Å². The molecule has 2 nitrogen and oxygen atoms in total. The SMILES string of the molecule is C=CCC(O)(CC[N+](C)(C)C)c1ccc(F)cc1. The lowest BCUT2D eigenvalue weighted by atomic mass is 9.87. The van der Waals surface area contributed by atoms with Crippen molar-refractivity contribution in [3.8, 4) is 0 Å². The Morgan fingerprint density at radius 1 is 1.28 bits per heavy atom. The van der Waals surface area contributed by atoms with Gasteiger partial charge in [-0.25, -0.2) is 4.39 Å². The van der Waals surface area contributed by atoms with Crippen molar-refractivity contribution in [3.63, 3.8) is 0 Å². The molecule has 0 radical (unpaired) electrons. The Kier molecular flexibility index (Phi) is 4.65. The van der Waals surface area contributed by atoms with Gasteiger partial charge in [0.1, 0.15) is 5.82 Å². The molecule has 1 aromatic rings. The van der Waals surface area contributed by atoms with Crippen LogP contribution in [0.15, 0.2) is 36.9 Å². The maximum atomic E-state index is 12.9. The summed E-state index contributed by atoms with van der Waals surface area (Å²) in [5, 5.41) is 10.7. The van der Waals surface area contributed by atoms with Crippen molar-refractivity contribution >= 4 is 0 Å². The standard InChI is InChI=1S/C15H23FNO/c1-5-10-15(18,11-12-17(2,3)4)13-6-8-14(16)9-7-13/h5-9,18H,1,10-12H2,2-4H3/q+1. The van der Waals surface area contributed by atoms with Gasteiger partial charge in [0.05, 0.1) is 33.3 Å². The Hall–Kier alpha value is -1.19. The number of nitrogens with zero attached hydrogens (tertiary/aromatic N) is 1. The van der Waals surface area contributed by atoms with E-state index in [1.54, 1.807) is 18.2 Å². The van der Waals surface area contributed by atoms with Gasteiger partial charge in [-0.15, -0.1) is 6.58 Å². The van der Waals surface area contributed by atoms with Gasteiger partial charge in [0.15, 0.2) is 0 Å². The zero-order valence-electron chi connectivity index (χ0n) is 11.5. The Bertz CT molecular complexity index is 394. The molecular formula is C15H23FNO+. The molecule has 0 aromatic heterocycles. The third-order valence-corrected chi connectivity index (χ3v) is 3.06. The van der Waals surface area contributed by atoms with Gasteiger partial charge >= 0.3 is 0 Å². The summed E-state index contributed by atoms with van der Waals surface area (Å²) in [5.41, 5.74) is -0.210. The Morgan fingerprint density at radius 2 is 1.83 bits per heavy atom. The number of aliphatic hydroxyl groups is 1. The molecule has 0 aliphatic rings. The molecule has 0 aliphatic carbocycles. The zero-order valence-corrected chi connectivity index (χ0v) is 11.5. The van der Waals surface area contributed by atoms with Gasteiger partial charge in [0.2, 0.25) is 0 Å². The molecule has 1 N–H and O–H groups in total. The van der Waals surface area contributed by atoms with Crippen molar-refractivity contribution in [3.05, 3.63) is 48.3 Å². The summed E-state index contributed by atoms with van der Waals surface area (Å²) in [7, 11) is 6.25. The number of rotatable bonds is 6. The molecule has 0 fully saturated rings. The maximum absolute atomic E-state index is 12.9. The van der Waals surface area contributed by atoms with E-state index in [4.69, 9.17) is 0 Å². The lowest BCUT2D eigenvalue weighted by molar-refractivity contribution is -0.871. The lowest BCUT2D eigenvalue weighted by Gasteiger charge is -2.32. The summed E-state index contributed by atoms with van der Waals surface area (Å²) >= 11 is 0. The van der Waals surface area contributed by atoms with Crippen molar-refractivity contribution in [1.82, 2.24) is 0 Å². The molecule has 1 rings (SSSR count). The highest BCUT2D eigenvalue weighted by Crippen LogP contribution is 2.30. The smallest absolute Gasteiger partial charge is 0.123 e. The van der Waals surface area contributed by atoms with Crippen LogP contribution in [-0.4, -0.2) is 37.3 Å². The van der Waals surface area contributed by atoms with Crippen LogP contribution < -0.4 is 0 Å². The molecule has 0 saturated carbocycles. The summed E-state index contributed by atoms with van der Waals surface area (Å²) < 4.78 is 13.7. The van der Waals surface area contributed by atoms with Crippen LogP contribution in [0, 0.1) is 5.82 Å². The van der Waals surface area contributed by atoms with Crippen LogP contribution in [-0.2, 0) is 5.60 Å². The second-order valence-electron chi connectivity index (χ2n) is 5.80. The van der Waals surface area contributed by atoms with E-state index < -0.39 is 5.60 Å². The van der Waals surface area contributed by atoms with Crippen LogP contribution in [0.4, 0.5) is 4.39 Å². The quantitative estimate of drug-likeness (QED) is 0.609. The van der Waals surface area contributed by atoms with Crippen LogP contribution in [0.3, 0.4) is 0 Å². The van der Waals surface area contributed by atoms with E-state index in [-0.39, 0.29) is 5.82 Å². The highest BCUT2D eigenvalue weighted by atomic mass is 19.1. The Balaban J connectivity index is 2.92. The van der Waals surface area contributed by atoms with Gasteiger partial charge < -0.3 is 9.59 Å². The average molecular weight is 252 g/mol. The van der Waals surface area contributed by atoms with E-state index in [0.29, 0.717) is 12.8 Å². The summed E-state index contributed by atoms with van der Waals surface area (Å²) in [4.78, 5) is 0. The molecular weight excluding hydrogens is 229 g/mol. The van der Waals surface area contributed by atoms with E-state index in [9.17, 15) is 9.50 Å². The van der Waals surface area contributed by atoms with Crippen molar-refractivity contribution in [2.24, 2.45) is 0 Å². The molecule has 1 unspecified atom stereocenters. The minimum Gasteiger partial charge on any atom is -0.385 e. The number of quaternary nitrogens is 1. The third kappa shape index (κ3) is 4.24. The predicted molar refractivity (Wildman–Crippen MR) is 72.6 cm³/mol. The van der Waals surface area contributed by atoms with Crippen molar-refractivity contribution < 1.29 is 14.0 Å². The second kappa shape index (κ2) is 5.63. The molecule has 3 heteroatoms. The van der Waals surface area contributed by atoms with Crippen molar-refractivity contribution in [2.45, 2.75) is 18.4 Å². The van der Waals surface area contributed by atoms with Crippen molar-refractivity contribution in [2.75, 3.05) is 27.7 Å². The van der Waals surface area contributed by atoms with E-state index >= 15 is 0 Å². The molecule has 0 bridgehead atoms. The molecule has 100 valence electrons. The van der Waals surface area contributed by atoms with E-state index in [1.165, 1.54) is 12.1 Å². The molecule has 0 amide bonds. The highest BCUT2D eigenvalue weighted by molar-refractivity contribution is 5.23. The summed E-state index contributed by atoms with van der Waals surface area (Å²) in [6, 6.07) is 6.06. The second-order valence-corrected chi connectivity index (χ2v) is 5.80. The topological polar surface area (TPSA) is 20.2 Å².